The molecule has 4 rings (SSSR count). The smallest absolute Gasteiger partial charge is 0.252 e. The van der Waals surface area contributed by atoms with Crippen molar-refractivity contribution in [2.45, 2.75) is 63.5 Å². The molecule has 2 aliphatic rings. The Labute approximate surface area is 160 Å². The van der Waals surface area contributed by atoms with Crippen LogP contribution < -0.4 is 10.6 Å². The van der Waals surface area contributed by atoms with Gasteiger partial charge in [-0.1, -0.05) is 37.5 Å². The van der Waals surface area contributed by atoms with Gasteiger partial charge in [0.25, 0.3) is 5.91 Å². The Morgan fingerprint density at radius 1 is 1.11 bits per heavy atom. The van der Waals surface area contributed by atoms with E-state index in [0.717, 1.165) is 49.1 Å². The van der Waals surface area contributed by atoms with Crippen LogP contribution in [0.15, 0.2) is 30.3 Å². The number of pyridine rings is 1. The van der Waals surface area contributed by atoms with Gasteiger partial charge in [-0.15, -0.1) is 0 Å². The van der Waals surface area contributed by atoms with Crippen LogP contribution in [0.2, 0.25) is 0 Å². The number of nitrogens with zero attached hydrogens (tertiary/aromatic N) is 1. The van der Waals surface area contributed by atoms with Crippen molar-refractivity contribution >= 4 is 22.6 Å². The van der Waals surface area contributed by atoms with Crippen LogP contribution in [0.1, 0.15) is 61.7 Å². The number of anilines is 1. The van der Waals surface area contributed by atoms with Crippen molar-refractivity contribution in [2.75, 3.05) is 18.5 Å². The second-order valence-corrected chi connectivity index (χ2v) is 7.73. The molecule has 144 valence electrons. The fourth-order valence-corrected chi connectivity index (χ4v) is 3.72. The van der Waals surface area contributed by atoms with Gasteiger partial charge < -0.3 is 15.4 Å². The van der Waals surface area contributed by atoms with Gasteiger partial charge in [0.15, 0.2) is 0 Å². The summed E-state index contributed by atoms with van der Waals surface area (Å²) in [6.07, 6.45) is 9.93. The molecule has 2 fully saturated rings. The summed E-state index contributed by atoms with van der Waals surface area (Å²) in [7, 11) is 0. The van der Waals surface area contributed by atoms with Crippen molar-refractivity contribution in [3.8, 4) is 0 Å². The van der Waals surface area contributed by atoms with Crippen LogP contribution in [-0.4, -0.2) is 36.2 Å². The largest absolute Gasteiger partial charge is 0.378 e. The standard InChI is InChI=1S/C22H29N3O2/c26-22(24-16-11-12-16)19-15-21(25-20-10-5-4-9-18(19)20)23-13-6-14-27-17-7-2-1-3-8-17/h4-5,9-10,15-17H,1-3,6-8,11-14H2,(H,23,25)(H,24,26). The minimum atomic E-state index is -0.000202. The molecule has 1 aromatic carbocycles. The van der Waals surface area contributed by atoms with E-state index < -0.39 is 0 Å². The second-order valence-electron chi connectivity index (χ2n) is 7.73. The zero-order chi connectivity index (χ0) is 18.5. The van der Waals surface area contributed by atoms with E-state index in [1.807, 2.05) is 30.3 Å². The van der Waals surface area contributed by atoms with E-state index in [1.165, 1.54) is 32.1 Å². The van der Waals surface area contributed by atoms with Crippen molar-refractivity contribution in [1.82, 2.24) is 10.3 Å². The Balaban J connectivity index is 1.35. The van der Waals surface area contributed by atoms with Crippen LogP contribution in [0.3, 0.4) is 0 Å². The quantitative estimate of drug-likeness (QED) is 0.684. The normalized spacial score (nSPS) is 17.8. The number of aromatic nitrogens is 1. The monoisotopic (exact) mass is 367 g/mol. The highest BCUT2D eigenvalue weighted by Gasteiger charge is 2.25. The van der Waals surface area contributed by atoms with E-state index in [-0.39, 0.29) is 5.91 Å². The van der Waals surface area contributed by atoms with Gasteiger partial charge in [0.1, 0.15) is 5.82 Å². The molecule has 5 nitrogen and oxygen atoms in total. The molecular formula is C22H29N3O2. The number of nitrogens with one attached hydrogen (secondary N) is 2. The highest BCUT2D eigenvalue weighted by Crippen LogP contribution is 2.24. The molecule has 2 aromatic rings. The molecule has 2 N–H and O–H groups in total. The lowest BCUT2D eigenvalue weighted by atomic mass is 9.98. The summed E-state index contributed by atoms with van der Waals surface area (Å²) in [5.74, 6) is 0.757. The SMILES string of the molecule is O=C(NC1CC1)c1cc(NCCCOC2CCCCC2)nc2ccccc12. The average molecular weight is 367 g/mol. The molecule has 0 bridgehead atoms. The maximum absolute atomic E-state index is 12.6. The number of amides is 1. The first-order valence-corrected chi connectivity index (χ1v) is 10.4. The number of ether oxygens (including phenoxy) is 1. The van der Waals surface area contributed by atoms with E-state index in [1.54, 1.807) is 0 Å². The lowest BCUT2D eigenvalue weighted by Crippen LogP contribution is -2.25. The fraction of sp³-hybridized carbons (Fsp3) is 0.545. The number of carbonyl (C=O) groups is 1. The number of fused-ring (bicyclic) bond motifs is 1. The first-order valence-electron chi connectivity index (χ1n) is 10.4. The van der Waals surface area contributed by atoms with Crippen LogP contribution in [0.25, 0.3) is 10.9 Å². The highest BCUT2D eigenvalue weighted by molar-refractivity contribution is 6.07. The second kappa shape index (κ2) is 8.70. The van der Waals surface area contributed by atoms with E-state index in [9.17, 15) is 4.79 Å². The first kappa shape index (κ1) is 18.2. The first-order chi connectivity index (χ1) is 13.3. The molecule has 1 heterocycles. The van der Waals surface area contributed by atoms with Crippen LogP contribution in [0.4, 0.5) is 5.82 Å². The molecule has 27 heavy (non-hydrogen) atoms. The van der Waals surface area contributed by atoms with Crippen molar-refractivity contribution in [3.63, 3.8) is 0 Å². The third kappa shape index (κ3) is 4.98. The van der Waals surface area contributed by atoms with Crippen LogP contribution in [0, 0.1) is 0 Å². The van der Waals surface area contributed by atoms with Crippen molar-refractivity contribution in [3.05, 3.63) is 35.9 Å². The number of benzene rings is 1. The van der Waals surface area contributed by atoms with Gasteiger partial charge in [-0.05, 0) is 44.2 Å². The number of hydrogen-bond donors (Lipinski definition) is 2. The Bertz CT molecular complexity index is 782. The van der Waals surface area contributed by atoms with Crippen LogP contribution >= 0.6 is 0 Å². The summed E-state index contributed by atoms with van der Waals surface area (Å²) >= 11 is 0. The minimum Gasteiger partial charge on any atom is -0.378 e. The third-order valence-electron chi connectivity index (χ3n) is 5.41. The molecule has 0 atom stereocenters. The fourth-order valence-electron chi connectivity index (χ4n) is 3.72. The van der Waals surface area contributed by atoms with Gasteiger partial charge in [-0.25, -0.2) is 4.98 Å². The van der Waals surface area contributed by atoms with E-state index in [0.29, 0.717) is 17.7 Å². The lowest BCUT2D eigenvalue weighted by Gasteiger charge is -2.22. The molecule has 0 unspecified atom stereocenters. The predicted molar refractivity (Wildman–Crippen MR) is 108 cm³/mol. The van der Waals surface area contributed by atoms with Crippen LogP contribution in [-0.2, 0) is 4.74 Å². The van der Waals surface area contributed by atoms with Gasteiger partial charge in [0.05, 0.1) is 17.2 Å². The maximum atomic E-state index is 12.6. The summed E-state index contributed by atoms with van der Waals surface area (Å²) in [5, 5.41) is 7.36. The number of hydrogen-bond acceptors (Lipinski definition) is 4. The van der Waals surface area contributed by atoms with Crippen molar-refractivity contribution in [1.29, 1.82) is 0 Å². The van der Waals surface area contributed by atoms with Gasteiger partial charge in [-0.3, -0.25) is 4.79 Å². The highest BCUT2D eigenvalue weighted by atomic mass is 16.5. The molecule has 0 spiro atoms. The zero-order valence-corrected chi connectivity index (χ0v) is 15.9. The molecule has 0 saturated heterocycles. The molecule has 0 aliphatic heterocycles. The van der Waals surface area contributed by atoms with Crippen molar-refractivity contribution in [2.24, 2.45) is 0 Å². The summed E-state index contributed by atoms with van der Waals surface area (Å²) in [5.41, 5.74) is 1.55. The van der Waals surface area contributed by atoms with Gasteiger partial charge in [0, 0.05) is 24.6 Å². The van der Waals surface area contributed by atoms with Gasteiger partial charge in [0.2, 0.25) is 0 Å². The Morgan fingerprint density at radius 2 is 1.93 bits per heavy atom. The zero-order valence-electron chi connectivity index (χ0n) is 15.9. The number of carbonyl (C=O) groups excluding carboxylic acids is 1. The molecule has 1 amide bonds. The van der Waals surface area contributed by atoms with E-state index in [2.05, 4.69) is 15.6 Å². The summed E-state index contributed by atoms with van der Waals surface area (Å²) in [6.45, 7) is 1.57. The van der Waals surface area contributed by atoms with Gasteiger partial charge in [-0.2, -0.15) is 0 Å². The molecule has 5 heteroatoms. The summed E-state index contributed by atoms with van der Waals surface area (Å²) in [6, 6.07) is 10.1. The molecular weight excluding hydrogens is 338 g/mol. The topological polar surface area (TPSA) is 63.2 Å². The van der Waals surface area contributed by atoms with Gasteiger partial charge >= 0.3 is 0 Å². The average Bonchev–Trinajstić information content (AvgIpc) is 3.52. The van der Waals surface area contributed by atoms with Crippen molar-refractivity contribution < 1.29 is 9.53 Å². The van der Waals surface area contributed by atoms with E-state index in [4.69, 9.17) is 4.74 Å². The Kier molecular flexibility index (Phi) is 5.87. The molecule has 1 aromatic heterocycles. The third-order valence-corrected chi connectivity index (χ3v) is 5.41. The lowest BCUT2D eigenvalue weighted by molar-refractivity contribution is 0.0284. The number of rotatable bonds is 8. The van der Waals surface area contributed by atoms with E-state index >= 15 is 0 Å². The number of para-hydroxylation sites is 1. The van der Waals surface area contributed by atoms with Crippen LogP contribution in [0.5, 0.6) is 0 Å². The summed E-state index contributed by atoms with van der Waals surface area (Å²) in [4.78, 5) is 17.3. The Hall–Kier alpha value is -2.14. The molecule has 2 aliphatic carbocycles. The molecule has 2 saturated carbocycles. The summed E-state index contributed by atoms with van der Waals surface area (Å²) < 4.78 is 5.98. The Morgan fingerprint density at radius 3 is 2.74 bits per heavy atom. The maximum Gasteiger partial charge on any atom is 0.252 e. The predicted octanol–water partition coefficient (Wildman–Crippen LogP) is 4.28. The minimum absolute atomic E-state index is 0.000202. The molecule has 0 radical (unpaired) electrons.